The van der Waals surface area contributed by atoms with Crippen LogP contribution in [0.2, 0.25) is 0 Å². The first kappa shape index (κ1) is 45.0. The zero-order valence-corrected chi connectivity index (χ0v) is 37.0. The molecule has 1 saturated heterocycles. The Morgan fingerprint density at radius 2 is 1.65 bits per heavy atom. The normalized spacial score (nSPS) is 17.6. The van der Waals surface area contributed by atoms with Crippen molar-refractivity contribution in [2.24, 2.45) is 7.05 Å². The molecule has 1 fully saturated rings. The largest absolute Gasteiger partial charge is 0.491 e. The van der Waals surface area contributed by atoms with E-state index in [1.54, 1.807) is 30.6 Å². The number of imide groups is 1. The number of carbonyl (C=O) groups excluding carboxylic acids is 5. The summed E-state index contributed by atoms with van der Waals surface area (Å²) in [6.45, 7) is 3.78. The van der Waals surface area contributed by atoms with Crippen LogP contribution in [0, 0.1) is 0 Å². The van der Waals surface area contributed by atoms with Crippen LogP contribution in [0.25, 0.3) is 27.5 Å². The Bertz CT molecular complexity index is 2700. The third kappa shape index (κ3) is 9.77. The summed E-state index contributed by atoms with van der Waals surface area (Å²) >= 11 is 0. The van der Waals surface area contributed by atoms with Crippen molar-refractivity contribution in [3.63, 3.8) is 0 Å². The van der Waals surface area contributed by atoms with E-state index in [1.165, 1.54) is 9.47 Å². The Morgan fingerprint density at radius 3 is 2.40 bits per heavy atom. The number of hydrogen-bond donors (Lipinski definition) is 2. The van der Waals surface area contributed by atoms with Crippen molar-refractivity contribution < 1.29 is 42.9 Å². The SMILES string of the molecule is CN(C)C(=O)c1cc2ccc(C3=CCCN(C(=O)C4Cc5c(cccc5OCCOCCOCCOCCc5cccc6c5n(C)c(=O)n6C5CCC(=O)NC5=O)CN4C=O)C3)cc2[nH]1. The summed E-state index contributed by atoms with van der Waals surface area (Å²) in [5.74, 6) is -0.340. The van der Waals surface area contributed by atoms with Crippen molar-refractivity contribution in [1.82, 2.24) is 34.1 Å². The molecule has 5 aromatic rings. The Morgan fingerprint density at radius 1 is 0.892 bits per heavy atom. The van der Waals surface area contributed by atoms with Gasteiger partial charge in [-0.3, -0.25) is 38.4 Å². The van der Waals surface area contributed by atoms with Crippen LogP contribution in [0.3, 0.4) is 0 Å². The molecule has 0 aliphatic carbocycles. The number of aryl methyl sites for hydroxylation is 1. The number of nitrogens with one attached hydrogen (secondary N) is 2. The van der Waals surface area contributed by atoms with Gasteiger partial charge in [-0.25, -0.2) is 4.79 Å². The van der Waals surface area contributed by atoms with Crippen molar-refractivity contribution in [2.75, 3.05) is 73.4 Å². The minimum absolute atomic E-state index is 0.103. The molecular weight excluding hydrogens is 835 g/mol. The molecule has 2 atom stereocenters. The molecule has 5 amide bonds. The third-order valence-electron chi connectivity index (χ3n) is 12.3. The number of benzene rings is 3. The van der Waals surface area contributed by atoms with Crippen LogP contribution in [0.5, 0.6) is 5.75 Å². The highest BCUT2D eigenvalue weighted by atomic mass is 16.6. The summed E-state index contributed by atoms with van der Waals surface area (Å²) in [5, 5.41) is 3.27. The average Bonchev–Trinajstić information content (AvgIpc) is 3.85. The van der Waals surface area contributed by atoms with Gasteiger partial charge >= 0.3 is 5.69 Å². The number of aromatic nitrogens is 3. The van der Waals surface area contributed by atoms with Gasteiger partial charge in [0.15, 0.2) is 0 Å². The minimum Gasteiger partial charge on any atom is -0.491 e. The van der Waals surface area contributed by atoms with Gasteiger partial charge in [-0.05, 0) is 65.8 Å². The first-order chi connectivity index (χ1) is 31.5. The topological polar surface area (TPSA) is 187 Å². The quantitative estimate of drug-likeness (QED) is 0.0751. The molecule has 65 heavy (non-hydrogen) atoms. The highest BCUT2D eigenvalue weighted by Gasteiger charge is 2.36. The number of hydrogen-bond acceptors (Lipinski definition) is 10. The molecule has 3 aromatic carbocycles. The van der Waals surface area contributed by atoms with E-state index < -0.39 is 18.0 Å². The van der Waals surface area contributed by atoms with E-state index in [0.29, 0.717) is 102 Å². The molecule has 0 radical (unpaired) electrons. The number of para-hydroxylation sites is 1. The first-order valence-electron chi connectivity index (χ1n) is 22.0. The third-order valence-corrected chi connectivity index (χ3v) is 12.3. The zero-order valence-electron chi connectivity index (χ0n) is 37.0. The number of nitrogens with zero attached hydrogens (tertiary/aromatic N) is 5. The molecule has 2 N–H and O–H groups in total. The second-order valence-corrected chi connectivity index (χ2v) is 16.8. The Hall–Kier alpha value is -6.56. The molecule has 0 bridgehead atoms. The second-order valence-electron chi connectivity index (χ2n) is 16.8. The second kappa shape index (κ2) is 20.1. The number of imidazole rings is 1. The molecule has 5 heterocycles. The average molecular weight is 890 g/mol. The number of H-pyrrole nitrogens is 1. The van der Waals surface area contributed by atoms with Gasteiger partial charge in [-0.2, -0.15) is 0 Å². The number of carbonyl (C=O) groups is 5. The van der Waals surface area contributed by atoms with Crippen molar-refractivity contribution in [2.45, 2.75) is 50.7 Å². The van der Waals surface area contributed by atoms with Gasteiger partial charge in [0.2, 0.25) is 24.1 Å². The molecule has 0 spiro atoms. The van der Waals surface area contributed by atoms with E-state index in [9.17, 15) is 28.8 Å². The number of aromatic amines is 1. The van der Waals surface area contributed by atoms with Gasteiger partial charge in [-0.1, -0.05) is 42.5 Å². The minimum atomic E-state index is -0.737. The molecule has 17 heteroatoms. The number of ether oxygens (including phenoxy) is 4. The lowest BCUT2D eigenvalue weighted by Gasteiger charge is -2.38. The van der Waals surface area contributed by atoms with Crippen LogP contribution in [0.4, 0.5) is 0 Å². The maximum atomic E-state index is 14.2. The molecule has 2 unspecified atom stereocenters. The highest BCUT2D eigenvalue weighted by Crippen LogP contribution is 2.33. The number of rotatable bonds is 18. The predicted molar refractivity (Wildman–Crippen MR) is 241 cm³/mol. The van der Waals surface area contributed by atoms with Crippen LogP contribution < -0.4 is 15.7 Å². The van der Waals surface area contributed by atoms with E-state index in [4.69, 9.17) is 18.9 Å². The van der Waals surface area contributed by atoms with Crippen LogP contribution in [0.1, 0.15) is 58.0 Å². The summed E-state index contributed by atoms with van der Waals surface area (Å²) in [6.07, 6.45) is 4.94. The predicted octanol–water partition coefficient (Wildman–Crippen LogP) is 3.37. The fraction of sp³-hybridized carbons (Fsp3) is 0.417. The Labute approximate surface area is 375 Å². The number of amides is 5. The summed E-state index contributed by atoms with van der Waals surface area (Å²) < 4.78 is 26.5. The maximum absolute atomic E-state index is 14.2. The van der Waals surface area contributed by atoms with Crippen LogP contribution >= 0.6 is 0 Å². The molecule has 8 rings (SSSR count). The monoisotopic (exact) mass is 889 g/mol. The lowest BCUT2D eigenvalue weighted by Crippen LogP contribution is -2.52. The highest BCUT2D eigenvalue weighted by molar-refractivity contribution is 6.00. The van der Waals surface area contributed by atoms with E-state index in [-0.39, 0.29) is 36.3 Å². The van der Waals surface area contributed by atoms with E-state index >= 15 is 0 Å². The Kier molecular flexibility index (Phi) is 13.9. The smallest absolute Gasteiger partial charge is 0.329 e. The van der Waals surface area contributed by atoms with Crippen molar-refractivity contribution in [3.8, 4) is 5.75 Å². The molecule has 17 nitrogen and oxygen atoms in total. The summed E-state index contributed by atoms with van der Waals surface area (Å²) in [6, 6.07) is 17.8. The van der Waals surface area contributed by atoms with Gasteiger partial charge in [-0.15, -0.1) is 0 Å². The summed E-state index contributed by atoms with van der Waals surface area (Å²) in [7, 11) is 5.12. The molecule has 3 aliphatic rings. The molecule has 0 saturated carbocycles. The van der Waals surface area contributed by atoms with Crippen molar-refractivity contribution >= 4 is 57.5 Å². The van der Waals surface area contributed by atoms with Gasteiger partial charge < -0.3 is 38.6 Å². The fourth-order valence-electron chi connectivity index (χ4n) is 9.00. The maximum Gasteiger partial charge on any atom is 0.329 e. The lowest BCUT2D eigenvalue weighted by molar-refractivity contribution is -0.141. The van der Waals surface area contributed by atoms with Gasteiger partial charge in [0.25, 0.3) is 5.91 Å². The van der Waals surface area contributed by atoms with Gasteiger partial charge in [0, 0.05) is 70.1 Å². The lowest BCUT2D eigenvalue weighted by atomic mass is 9.92. The fourth-order valence-corrected chi connectivity index (χ4v) is 9.00. The number of fused-ring (bicyclic) bond motifs is 3. The van der Waals surface area contributed by atoms with Crippen molar-refractivity contribution in [1.29, 1.82) is 0 Å². The van der Waals surface area contributed by atoms with Gasteiger partial charge in [0.1, 0.15) is 30.1 Å². The standard InChI is InChI=1S/C48H55N7O10/c1-51(2)46(59)38-26-33-13-12-32(25-37(33)49-38)34-9-6-17-53(28-34)47(60)41-27-36-35(29-54(41)30-56)8-5-11-42(36)65-24-23-64-22-21-63-20-19-62-18-16-31-7-4-10-39-44(31)52(3)48(61)55(39)40-14-15-43(57)50-45(40)58/h4-5,7-13,25-26,30,40-41,49H,6,14-24,27-29H2,1-3H3,(H,50,57,58). The molecular formula is C48H55N7O10. The van der Waals surface area contributed by atoms with Crippen LogP contribution in [0.15, 0.2) is 71.5 Å². The van der Waals surface area contributed by atoms with Crippen LogP contribution in [-0.2, 0) is 59.8 Å². The van der Waals surface area contributed by atoms with E-state index in [2.05, 4.69) is 16.4 Å². The molecule has 3 aliphatic heterocycles. The van der Waals surface area contributed by atoms with E-state index in [0.717, 1.165) is 50.7 Å². The molecule has 342 valence electrons. The van der Waals surface area contributed by atoms with Crippen molar-refractivity contribution in [3.05, 3.63) is 105 Å². The zero-order chi connectivity index (χ0) is 45.6. The molecule has 2 aromatic heterocycles. The van der Waals surface area contributed by atoms with Gasteiger partial charge in [0.05, 0.1) is 50.7 Å². The summed E-state index contributed by atoms with van der Waals surface area (Å²) in [5.41, 5.74) is 7.18. The van der Waals surface area contributed by atoms with E-state index in [1.807, 2.05) is 65.6 Å². The summed E-state index contributed by atoms with van der Waals surface area (Å²) in [4.78, 5) is 84.6. The van der Waals surface area contributed by atoms with Crippen LogP contribution in [-0.4, -0.2) is 138 Å². The Balaban J connectivity index is 0.759. The number of piperidine rings is 1. The first-order valence-corrected chi connectivity index (χ1v) is 22.0.